The number of nitrogens with zero attached hydrogens (tertiary/aromatic N) is 2. The molecule has 0 aromatic heterocycles. The van der Waals surface area contributed by atoms with Crippen LogP contribution >= 0.6 is 0 Å². The number of rotatable bonds is 5. The van der Waals surface area contributed by atoms with E-state index in [2.05, 4.69) is 0 Å². The van der Waals surface area contributed by atoms with Gasteiger partial charge in [-0.1, -0.05) is 0 Å². The molecule has 1 aliphatic rings. The summed E-state index contributed by atoms with van der Waals surface area (Å²) < 4.78 is 5.21. The van der Waals surface area contributed by atoms with Crippen molar-refractivity contribution in [3.8, 4) is 0 Å². The van der Waals surface area contributed by atoms with Crippen molar-refractivity contribution in [1.82, 2.24) is 9.80 Å². The summed E-state index contributed by atoms with van der Waals surface area (Å²) in [6, 6.07) is -0.768. The first-order valence-electron chi connectivity index (χ1n) is 6.72. The predicted molar refractivity (Wildman–Crippen MR) is 72.4 cm³/mol. The second-order valence-electron chi connectivity index (χ2n) is 5.65. The minimum atomic E-state index is -0.956. The molecule has 7 nitrogen and oxygen atoms in total. The number of carbonyl (C=O) groups excluding carboxylic acids is 1. The van der Waals surface area contributed by atoms with E-state index >= 15 is 0 Å². The third-order valence-corrected chi connectivity index (χ3v) is 3.94. The van der Waals surface area contributed by atoms with Crippen LogP contribution in [0.4, 0.5) is 4.79 Å². The zero-order valence-corrected chi connectivity index (χ0v) is 12.5. The molecule has 1 aliphatic heterocycles. The van der Waals surface area contributed by atoms with Gasteiger partial charge < -0.3 is 24.7 Å². The monoisotopic (exact) mass is 288 g/mol. The summed E-state index contributed by atoms with van der Waals surface area (Å²) >= 11 is 0. The Morgan fingerprint density at radius 2 is 1.95 bits per heavy atom. The van der Waals surface area contributed by atoms with Crippen LogP contribution in [0.3, 0.4) is 0 Å². The van der Waals surface area contributed by atoms with E-state index in [9.17, 15) is 19.8 Å². The molecule has 1 saturated heterocycles. The Labute approximate surface area is 119 Å². The number of amides is 2. The van der Waals surface area contributed by atoms with E-state index in [-0.39, 0.29) is 25.9 Å². The van der Waals surface area contributed by atoms with Gasteiger partial charge in [0.05, 0.1) is 31.4 Å². The third-order valence-electron chi connectivity index (χ3n) is 3.94. The quantitative estimate of drug-likeness (QED) is 0.756. The number of aliphatic hydroxyl groups is 1. The molecule has 0 spiro atoms. The molecule has 2 N–H and O–H groups in total. The molecule has 1 rings (SSSR count). The fourth-order valence-corrected chi connectivity index (χ4v) is 2.16. The normalized spacial score (nSPS) is 22.6. The summed E-state index contributed by atoms with van der Waals surface area (Å²) in [4.78, 5) is 26.7. The Hall–Kier alpha value is -1.34. The number of ether oxygens (including phenoxy) is 1. The van der Waals surface area contributed by atoms with Gasteiger partial charge in [-0.15, -0.1) is 0 Å². The molecule has 0 aliphatic carbocycles. The molecule has 116 valence electrons. The van der Waals surface area contributed by atoms with Crippen LogP contribution in [-0.4, -0.2) is 77.0 Å². The van der Waals surface area contributed by atoms with Crippen LogP contribution in [0, 0.1) is 5.92 Å². The highest BCUT2D eigenvalue weighted by Crippen LogP contribution is 2.23. The lowest BCUT2D eigenvalue weighted by atomic mass is 10.0. The molecule has 0 bridgehead atoms. The maximum atomic E-state index is 12.5. The summed E-state index contributed by atoms with van der Waals surface area (Å²) in [5.74, 6) is -1.66. The number of urea groups is 1. The lowest BCUT2D eigenvalue weighted by Crippen LogP contribution is -2.57. The average Bonchev–Trinajstić information content (AvgIpc) is 2.87. The van der Waals surface area contributed by atoms with Crippen molar-refractivity contribution in [2.75, 3.05) is 33.4 Å². The highest BCUT2D eigenvalue weighted by molar-refractivity contribution is 5.77. The summed E-state index contributed by atoms with van der Waals surface area (Å²) in [7, 11) is 1.60. The molecule has 1 heterocycles. The topological polar surface area (TPSA) is 90.3 Å². The van der Waals surface area contributed by atoms with Crippen molar-refractivity contribution < 1.29 is 24.5 Å². The van der Waals surface area contributed by atoms with Crippen molar-refractivity contribution in [3.05, 3.63) is 0 Å². The fraction of sp³-hybridized carbons (Fsp3) is 0.846. The van der Waals surface area contributed by atoms with Gasteiger partial charge in [-0.05, 0) is 20.8 Å². The van der Waals surface area contributed by atoms with Gasteiger partial charge in [0, 0.05) is 13.6 Å². The molecule has 2 atom stereocenters. The van der Waals surface area contributed by atoms with E-state index < -0.39 is 23.5 Å². The van der Waals surface area contributed by atoms with Gasteiger partial charge in [0.25, 0.3) is 0 Å². The predicted octanol–water partition coefficient (Wildman–Crippen LogP) is 0.231. The van der Waals surface area contributed by atoms with E-state index in [1.807, 2.05) is 0 Å². The van der Waals surface area contributed by atoms with Crippen LogP contribution in [0.1, 0.15) is 20.8 Å². The van der Waals surface area contributed by atoms with Crippen LogP contribution in [0.25, 0.3) is 0 Å². The Bertz CT molecular complexity index is 372. The Kier molecular flexibility index (Phi) is 5.35. The molecule has 20 heavy (non-hydrogen) atoms. The van der Waals surface area contributed by atoms with E-state index in [1.165, 1.54) is 9.80 Å². The van der Waals surface area contributed by atoms with Crippen LogP contribution in [0.2, 0.25) is 0 Å². The largest absolute Gasteiger partial charge is 0.481 e. The maximum absolute atomic E-state index is 12.5. The summed E-state index contributed by atoms with van der Waals surface area (Å²) in [6.07, 6.45) is 0. The van der Waals surface area contributed by atoms with Crippen molar-refractivity contribution in [3.63, 3.8) is 0 Å². The smallest absolute Gasteiger partial charge is 0.320 e. The zero-order chi connectivity index (χ0) is 15.5. The van der Waals surface area contributed by atoms with Gasteiger partial charge in [0.15, 0.2) is 0 Å². The first-order valence-corrected chi connectivity index (χ1v) is 6.72. The van der Waals surface area contributed by atoms with E-state index in [0.29, 0.717) is 6.54 Å². The molecular formula is C13H24N2O5. The van der Waals surface area contributed by atoms with Gasteiger partial charge in [-0.2, -0.15) is 0 Å². The fourth-order valence-electron chi connectivity index (χ4n) is 2.16. The molecule has 0 saturated carbocycles. The number of hydrogen-bond donors (Lipinski definition) is 2. The Balaban J connectivity index is 2.90. The third kappa shape index (κ3) is 3.21. The average molecular weight is 288 g/mol. The standard InChI is InChI=1S/C13H24N2O5/c1-5-15(10-7-20-6-9(10)11(17)18)12(19)14(4)13(2,3)8-16/h9-10,16H,5-8H2,1-4H3,(H,17,18). The Morgan fingerprint density at radius 3 is 2.40 bits per heavy atom. The van der Waals surface area contributed by atoms with Gasteiger partial charge in [0.1, 0.15) is 5.92 Å². The number of carboxylic acid groups (broad SMARTS) is 1. The Morgan fingerprint density at radius 1 is 1.35 bits per heavy atom. The molecule has 0 radical (unpaired) electrons. The van der Waals surface area contributed by atoms with Gasteiger partial charge >= 0.3 is 12.0 Å². The van der Waals surface area contributed by atoms with Crippen molar-refractivity contribution >= 4 is 12.0 Å². The molecule has 1 fully saturated rings. The summed E-state index contributed by atoms with van der Waals surface area (Å²) in [5.41, 5.74) is -0.706. The number of hydrogen-bond acceptors (Lipinski definition) is 4. The second kappa shape index (κ2) is 6.41. The first-order chi connectivity index (χ1) is 9.26. The molecule has 0 aromatic rings. The van der Waals surface area contributed by atoms with Gasteiger partial charge in [-0.3, -0.25) is 4.79 Å². The minimum absolute atomic E-state index is 0.122. The number of aliphatic carboxylic acids is 1. The lowest BCUT2D eigenvalue weighted by Gasteiger charge is -2.40. The van der Waals surface area contributed by atoms with Gasteiger partial charge in [0.2, 0.25) is 0 Å². The summed E-state index contributed by atoms with van der Waals surface area (Å²) in [6.45, 7) is 5.87. The minimum Gasteiger partial charge on any atom is -0.481 e. The van der Waals surface area contributed by atoms with Crippen molar-refractivity contribution in [2.24, 2.45) is 5.92 Å². The lowest BCUT2D eigenvalue weighted by molar-refractivity contribution is -0.142. The number of likely N-dealkylation sites (N-methyl/N-ethyl adjacent to an activating group) is 2. The molecule has 0 aromatic carbocycles. The van der Waals surface area contributed by atoms with Crippen LogP contribution in [0.5, 0.6) is 0 Å². The zero-order valence-electron chi connectivity index (χ0n) is 12.5. The molecule has 2 amide bonds. The van der Waals surface area contributed by atoms with Crippen molar-refractivity contribution in [2.45, 2.75) is 32.4 Å². The highest BCUT2D eigenvalue weighted by atomic mass is 16.5. The number of carboxylic acids is 1. The SMILES string of the molecule is CCN(C(=O)N(C)C(C)(C)CO)C1COCC1C(=O)O. The molecular weight excluding hydrogens is 264 g/mol. The first kappa shape index (κ1) is 16.7. The van der Waals surface area contributed by atoms with Gasteiger partial charge in [-0.25, -0.2) is 4.79 Å². The van der Waals surface area contributed by atoms with E-state index in [0.717, 1.165) is 0 Å². The van der Waals surface area contributed by atoms with E-state index in [1.54, 1.807) is 27.8 Å². The number of carbonyl (C=O) groups is 2. The van der Waals surface area contributed by atoms with Crippen LogP contribution < -0.4 is 0 Å². The van der Waals surface area contributed by atoms with E-state index in [4.69, 9.17) is 4.74 Å². The highest BCUT2D eigenvalue weighted by Gasteiger charge is 2.41. The summed E-state index contributed by atoms with van der Waals surface area (Å²) in [5, 5.41) is 18.5. The molecule has 2 unspecified atom stereocenters. The van der Waals surface area contributed by atoms with Crippen LogP contribution in [-0.2, 0) is 9.53 Å². The van der Waals surface area contributed by atoms with Crippen LogP contribution in [0.15, 0.2) is 0 Å². The number of aliphatic hydroxyl groups excluding tert-OH is 1. The second-order valence-corrected chi connectivity index (χ2v) is 5.65. The van der Waals surface area contributed by atoms with Crippen molar-refractivity contribution in [1.29, 1.82) is 0 Å². The maximum Gasteiger partial charge on any atom is 0.320 e. The molecule has 7 heteroatoms.